The maximum atomic E-state index is 14.9. The van der Waals surface area contributed by atoms with Crippen LogP contribution in [0.15, 0.2) is 48.7 Å². The van der Waals surface area contributed by atoms with Crippen LogP contribution < -0.4 is 26.4 Å². The van der Waals surface area contributed by atoms with Gasteiger partial charge in [0.25, 0.3) is 11.8 Å². The van der Waals surface area contributed by atoms with E-state index in [1.807, 2.05) is 0 Å². The Bertz CT molecular complexity index is 1190. The third kappa shape index (κ3) is 6.34. The molecule has 0 atom stereocenters. The molecule has 34 heavy (non-hydrogen) atoms. The van der Waals surface area contributed by atoms with E-state index in [1.165, 1.54) is 42.6 Å². The van der Waals surface area contributed by atoms with E-state index in [-0.39, 0.29) is 40.0 Å². The smallest absolute Gasteiger partial charge is 0.262 e. The summed E-state index contributed by atoms with van der Waals surface area (Å²) >= 11 is 11.9. The van der Waals surface area contributed by atoms with Crippen molar-refractivity contribution in [3.63, 3.8) is 0 Å². The molecule has 0 spiro atoms. The number of nitrogens with one attached hydrogen (secondary N) is 3. The highest BCUT2D eigenvalue weighted by atomic mass is 35.5. The molecule has 3 aromatic rings. The van der Waals surface area contributed by atoms with Crippen LogP contribution >= 0.6 is 23.2 Å². The predicted molar refractivity (Wildman–Crippen MR) is 132 cm³/mol. The SMILES string of the molecule is CNc1cc(F)c(C(=O)Nc2ccc(Cl)cc2C(=O)Nc2ccc(Cl)cn2)c(OCCCN)c1. The molecule has 3 rings (SSSR count). The number of amides is 2. The van der Waals surface area contributed by atoms with E-state index in [9.17, 15) is 14.0 Å². The average molecular weight is 506 g/mol. The van der Waals surface area contributed by atoms with Crippen LogP contribution in [0.25, 0.3) is 0 Å². The van der Waals surface area contributed by atoms with Crippen LogP contribution in [0.3, 0.4) is 0 Å². The van der Waals surface area contributed by atoms with Gasteiger partial charge in [0, 0.05) is 30.0 Å². The molecule has 0 saturated carbocycles. The zero-order valence-electron chi connectivity index (χ0n) is 18.1. The lowest BCUT2D eigenvalue weighted by Gasteiger charge is -2.16. The summed E-state index contributed by atoms with van der Waals surface area (Å²) < 4.78 is 20.5. The highest BCUT2D eigenvalue weighted by molar-refractivity contribution is 6.31. The number of rotatable bonds is 9. The summed E-state index contributed by atoms with van der Waals surface area (Å²) in [7, 11) is 1.62. The Labute approximate surface area is 205 Å². The molecule has 0 aliphatic carbocycles. The number of anilines is 3. The van der Waals surface area contributed by atoms with Crippen LogP contribution in [0.1, 0.15) is 27.1 Å². The second-order valence-electron chi connectivity index (χ2n) is 7.03. The van der Waals surface area contributed by atoms with Gasteiger partial charge in [0.1, 0.15) is 22.9 Å². The van der Waals surface area contributed by atoms with Crippen molar-refractivity contribution in [2.45, 2.75) is 6.42 Å². The lowest BCUT2D eigenvalue weighted by Crippen LogP contribution is -2.20. The van der Waals surface area contributed by atoms with Gasteiger partial charge in [-0.2, -0.15) is 0 Å². The summed E-state index contributed by atoms with van der Waals surface area (Å²) in [6.45, 7) is 0.577. The number of carbonyl (C=O) groups is 2. The molecular formula is C23H22Cl2FN5O3. The number of nitrogens with two attached hydrogens (primary N) is 1. The van der Waals surface area contributed by atoms with Gasteiger partial charge >= 0.3 is 0 Å². The number of pyridine rings is 1. The molecule has 8 nitrogen and oxygen atoms in total. The minimum Gasteiger partial charge on any atom is -0.493 e. The van der Waals surface area contributed by atoms with E-state index in [4.69, 9.17) is 33.7 Å². The first-order chi connectivity index (χ1) is 16.3. The Balaban J connectivity index is 1.90. The number of nitrogens with zero attached hydrogens (tertiary/aromatic N) is 1. The first-order valence-corrected chi connectivity index (χ1v) is 11.0. The monoisotopic (exact) mass is 505 g/mol. The van der Waals surface area contributed by atoms with Crippen molar-refractivity contribution in [1.29, 1.82) is 0 Å². The Morgan fingerprint density at radius 2 is 1.82 bits per heavy atom. The zero-order chi connectivity index (χ0) is 24.7. The van der Waals surface area contributed by atoms with Crippen LogP contribution in [-0.2, 0) is 0 Å². The van der Waals surface area contributed by atoms with Gasteiger partial charge < -0.3 is 26.4 Å². The molecule has 0 bridgehead atoms. The summed E-state index contributed by atoms with van der Waals surface area (Å²) in [6, 6.07) is 10.1. The van der Waals surface area contributed by atoms with Crippen LogP contribution in [0.2, 0.25) is 10.0 Å². The molecule has 0 radical (unpaired) electrons. The van der Waals surface area contributed by atoms with Crippen molar-refractivity contribution in [2.75, 3.05) is 36.1 Å². The molecular weight excluding hydrogens is 484 g/mol. The fraction of sp³-hybridized carbons (Fsp3) is 0.174. The number of aromatic nitrogens is 1. The van der Waals surface area contributed by atoms with Crippen LogP contribution in [0.4, 0.5) is 21.6 Å². The van der Waals surface area contributed by atoms with Crippen LogP contribution in [-0.4, -0.2) is 37.0 Å². The van der Waals surface area contributed by atoms with Crippen LogP contribution in [0, 0.1) is 5.82 Å². The predicted octanol–water partition coefficient (Wildman–Crippen LogP) is 4.80. The van der Waals surface area contributed by atoms with Crippen LogP contribution in [0.5, 0.6) is 5.75 Å². The molecule has 2 aromatic carbocycles. The molecule has 5 N–H and O–H groups in total. The van der Waals surface area contributed by atoms with Gasteiger partial charge in [0.05, 0.1) is 22.9 Å². The number of carbonyl (C=O) groups excluding carboxylic acids is 2. The normalized spacial score (nSPS) is 10.5. The van der Waals surface area contributed by atoms with E-state index in [0.29, 0.717) is 23.7 Å². The summed E-state index contributed by atoms with van der Waals surface area (Å²) in [4.78, 5) is 30.0. The third-order valence-corrected chi connectivity index (χ3v) is 5.08. The van der Waals surface area contributed by atoms with Crippen molar-refractivity contribution in [1.82, 2.24) is 4.98 Å². The maximum Gasteiger partial charge on any atom is 0.262 e. The molecule has 0 aliphatic heterocycles. The van der Waals surface area contributed by atoms with Crippen molar-refractivity contribution in [2.24, 2.45) is 5.73 Å². The molecule has 0 unspecified atom stereocenters. The highest BCUT2D eigenvalue weighted by Crippen LogP contribution is 2.29. The van der Waals surface area contributed by atoms with Gasteiger partial charge in [-0.15, -0.1) is 0 Å². The number of hydrogen-bond donors (Lipinski definition) is 4. The lowest BCUT2D eigenvalue weighted by molar-refractivity contribution is 0.101. The Hall–Kier alpha value is -3.40. The summed E-state index contributed by atoms with van der Waals surface area (Å²) in [6.07, 6.45) is 1.90. The highest BCUT2D eigenvalue weighted by Gasteiger charge is 2.22. The van der Waals surface area contributed by atoms with Crippen molar-refractivity contribution in [3.05, 3.63) is 75.7 Å². The van der Waals surface area contributed by atoms with E-state index >= 15 is 0 Å². The third-order valence-electron chi connectivity index (χ3n) is 4.62. The van der Waals surface area contributed by atoms with Gasteiger partial charge in [0.15, 0.2) is 0 Å². The maximum absolute atomic E-state index is 14.9. The first kappa shape index (κ1) is 25.2. The molecule has 0 saturated heterocycles. The van der Waals surface area contributed by atoms with Gasteiger partial charge in [-0.3, -0.25) is 9.59 Å². The number of ether oxygens (including phenoxy) is 1. The fourth-order valence-corrected chi connectivity index (χ4v) is 3.24. The molecule has 178 valence electrons. The number of benzene rings is 2. The van der Waals surface area contributed by atoms with E-state index in [1.54, 1.807) is 13.1 Å². The number of halogens is 3. The van der Waals surface area contributed by atoms with Gasteiger partial charge in [-0.1, -0.05) is 23.2 Å². The molecule has 0 fully saturated rings. The Morgan fingerprint density at radius 3 is 2.50 bits per heavy atom. The van der Waals surface area contributed by atoms with Crippen molar-refractivity contribution in [3.8, 4) is 5.75 Å². The zero-order valence-corrected chi connectivity index (χ0v) is 19.6. The number of hydrogen-bond acceptors (Lipinski definition) is 6. The molecule has 0 aliphatic rings. The second kappa shape index (κ2) is 11.6. The summed E-state index contributed by atoms with van der Waals surface area (Å²) in [5.41, 5.74) is 5.78. The molecule has 1 heterocycles. The van der Waals surface area contributed by atoms with E-state index in [2.05, 4.69) is 20.9 Å². The Morgan fingerprint density at radius 1 is 1.06 bits per heavy atom. The first-order valence-electron chi connectivity index (χ1n) is 10.2. The molecule has 2 amide bonds. The minimum absolute atomic E-state index is 0.0422. The lowest BCUT2D eigenvalue weighted by atomic mass is 10.1. The fourth-order valence-electron chi connectivity index (χ4n) is 2.96. The molecule has 1 aromatic heterocycles. The quantitative estimate of drug-likeness (QED) is 0.310. The minimum atomic E-state index is -0.802. The topological polar surface area (TPSA) is 118 Å². The van der Waals surface area contributed by atoms with Crippen molar-refractivity contribution >= 4 is 52.2 Å². The average Bonchev–Trinajstić information content (AvgIpc) is 2.81. The van der Waals surface area contributed by atoms with Crippen molar-refractivity contribution < 1.29 is 18.7 Å². The van der Waals surface area contributed by atoms with Gasteiger partial charge in [-0.05, 0) is 49.4 Å². The van der Waals surface area contributed by atoms with E-state index < -0.39 is 17.6 Å². The summed E-state index contributed by atoms with van der Waals surface area (Å²) in [5, 5.41) is 8.66. The van der Waals surface area contributed by atoms with Gasteiger partial charge in [0.2, 0.25) is 0 Å². The largest absolute Gasteiger partial charge is 0.493 e. The Kier molecular flexibility index (Phi) is 8.64. The molecule has 11 heteroatoms. The summed E-state index contributed by atoms with van der Waals surface area (Å²) in [5.74, 6) is -1.89. The van der Waals surface area contributed by atoms with E-state index in [0.717, 1.165) is 0 Å². The van der Waals surface area contributed by atoms with Gasteiger partial charge in [-0.25, -0.2) is 9.37 Å². The standard InChI is InChI=1S/C23H22Cl2FN5O3/c1-28-15-10-17(26)21(19(11-15)34-8-2-7-27)23(33)30-18-5-3-13(24)9-16(18)22(32)31-20-6-4-14(25)12-29-20/h3-6,9-12,28H,2,7-8,27H2,1H3,(H,30,33)(H,29,31,32). The second-order valence-corrected chi connectivity index (χ2v) is 7.90.